The molecule has 1 heterocycles. The normalized spacial score (nSPS) is 22.1. The molecule has 78 valence electrons. The minimum absolute atomic E-state index is 0.128. The van der Waals surface area contributed by atoms with Gasteiger partial charge in [0.15, 0.2) is 5.84 Å². The van der Waals surface area contributed by atoms with Crippen LogP contribution in [0.3, 0.4) is 0 Å². The second kappa shape index (κ2) is 4.03. The molecule has 0 aromatic rings. The molecule has 0 aliphatic carbocycles. The van der Waals surface area contributed by atoms with Gasteiger partial charge in [-0.25, -0.2) is 4.99 Å². The zero-order valence-electron chi connectivity index (χ0n) is 7.84. The van der Waals surface area contributed by atoms with Crippen LogP contribution in [0, 0.1) is 10.1 Å². The van der Waals surface area contributed by atoms with Crippen molar-refractivity contribution in [1.82, 2.24) is 4.90 Å². The van der Waals surface area contributed by atoms with Gasteiger partial charge in [-0.15, -0.1) is 0 Å². The second-order valence-corrected chi connectivity index (χ2v) is 3.01. The predicted molar refractivity (Wildman–Crippen MR) is 49.3 cm³/mol. The van der Waals surface area contributed by atoms with Gasteiger partial charge >= 0.3 is 11.9 Å². The van der Waals surface area contributed by atoms with E-state index in [2.05, 4.69) is 4.99 Å². The maximum absolute atomic E-state index is 11.5. The third-order valence-electron chi connectivity index (χ3n) is 1.95. The maximum Gasteiger partial charge on any atom is 0.345 e. The Morgan fingerprint density at radius 3 is 2.93 bits per heavy atom. The fraction of sp³-hybridized carbons (Fsp3) is 0.714. The number of hydrogen-bond donors (Lipinski definition) is 1. The molecule has 0 bridgehead atoms. The molecule has 1 aliphatic heterocycles. The summed E-state index contributed by atoms with van der Waals surface area (Å²) in [6.45, 7) is 2.49. The van der Waals surface area contributed by atoms with Gasteiger partial charge < -0.3 is 10.6 Å². The van der Waals surface area contributed by atoms with Crippen LogP contribution < -0.4 is 5.73 Å². The van der Waals surface area contributed by atoms with Gasteiger partial charge in [0.25, 0.3) is 0 Å². The Labute approximate surface area is 80.7 Å². The first-order chi connectivity index (χ1) is 6.57. The van der Waals surface area contributed by atoms with Gasteiger partial charge in [-0.1, -0.05) is 6.92 Å². The summed E-state index contributed by atoms with van der Waals surface area (Å²) in [6.07, 6.45) is 0.742. The molecule has 0 fully saturated rings. The largest absolute Gasteiger partial charge is 0.381 e. The number of carbonyl (C=O) groups excluding carboxylic acids is 1. The molecular weight excluding hydrogens is 188 g/mol. The highest BCUT2D eigenvalue weighted by Crippen LogP contribution is 2.06. The Hall–Kier alpha value is -1.66. The summed E-state index contributed by atoms with van der Waals surface area (Å²) in [7, 11) is 0. The van der Waals surface area contributed by atoms with E-state index in [-0.39, 0.29) is 12.5 Å². The minimum atomic E-state index is -1.49. The molecule has 2 N–H and O–H groups in total. The lowest BCUT2D eigenvalue weighted by Gasteiger charge is -2.25. The Bertz CT molecular complexity index is 289. The van der Waals surface area contributed by atoms with Crippen molar-refractivity contribution in [2.45, 2.75) is 19.4 Å². The van der Waals surface area contributed by atoms with Crippen LogP contribution in [0.2, 0.25) is 0 Å². The predicted octanol–water partition coefficient (Wildman–Crippen LogP) is -0.801. The van der Waals surface area contributed by atoms with Crippen LogP contribution >= 0.6 is 0 Å². The summed E-state index contributed by atoms with van der Waals surface area (Å²) < 4.78 is 0. The molecule has 14 heavy (non-hydrogen) atoms. The molecule has 1 rings (SSSR count). The van der Waals surface area contributed by atoms with E-state index in [1.807, 2.05) is 6.92 Å². The number of amides is 1. The lowest BCUT2D eigenvalue weighted by atomic mass is 10.2. The molecule has 1 aliphatic rings. The van der Waals surface area contributed by atoms with Crippen molar-refractivity contribution >= 4 is 11.7 Å². The summed E-state index contributed by atoms with van der Waals surface area (Å²) >= 11 is 0. The van der Waals surface area contributed by atoms with E-state index in [1.54, 1.807) is 0 Å². The molecule has 0 saturated carbocycles. The van der Waals surface area contributed by atoms with Crippen LogP contribution in [0.5, 0.6) is 0 Å². The van der Waals surface area contributed by atoms with Gasteiger partial charge in [0.05, 0.1) is 0 Å². The lowest BCUT2D eigenvalue weighted by molar-refractivity contribution is -0.491. The average molecular weight is 200 g/mol. The Morgan fingerprint density at radius 1 is 1.79 bits per heavy atom. The number of amidine groups is 1. The molecule has 7 heteroatoms. The number of hydrogen-bond acceptors (Lipinski definition) is 5. The standard InChI is InChI=1S/C7H12N4O3/c1-2-3-10-4-9-6(8)5(7(10)12)11(13)14/h5H,2-4H2,1H3,(H2,8,9). The second-order valence-electron chi connectivity index (χ2n) is 3.01. The zero-order valence-corrected chi connectivity index (χ0v) is 7.84. The summed E-state index contributed by atoms with van der Waals surface area (Å²) in [5.74, 6) is -0.767. The molecule has 0 spiro atoms. The third-order valence-corrected chi connectivity index (χ3v) is 1.95. The van der Waals surface area contributed by atoms with Crippen molar-refractivity contribution in [3.05, 3.63) is 10.1 Å². The van der Waals surface area contributed by atoms with Crippen molar-refractivity contribution in [3.63, 3.8) is 0 Å². The number of nitrogens with two attached hydrogens (primary N) is 1. The topological polar surface area (TPSA) is 102 Å². The molecule has 0 aromatic carbocycles. The molecule has 0 radical (unpaired) electrons. The molecule has 0 aromatic heterocycles. The fourth-order valence-electron chi connectivity index (χ4n) is 1.27. The highest BCUT2D eigenvalue weighted by atomic mass is 16.6. The molecule has 0 saturated heterocycles. The van der Waals surface area contributed by atoms with E-state index >= 15 is 0 Å². The molecular formula is C7H12N4O3. The van der Waals surface area contributed by atoms with Crippen molar-refractivity contribution in [3.8, 4) is 0 Å². The molecule has 1 atom stereocenters. The Morgan fingerprint density at radius 2 is 2.43 bits per heavy atom. The SMILES string of the molecule is CCCN1CN=C(N)C([N+](=O)[O-])C1=O. The Balaban J connectivity index is 2.84. The Kier molecular flexibility index (Phi) is 3.00. The fourth-order valence-corrected chi connectivity index (χ4v) is 1.27. The van der Waals surface area contributed by atoms with E-state index in [4.69, 9.17) is 5.73 Å². The van der Waals surface area contributed by atoms with Gasteiger partial charge in [0.2, 0.25) is 0 Å². The van der Waals surface area contributed by atoms with E-state index < -0.39 is 16.9 Å². The highest BCUT2D eigenvalue weighted by Gasteiger charge is 2.40. The van der Waals surface area contributed by atoms with Gasteiger partial charge in [0.1, 0.15) is 6.67 Å². The minimum Gasteiger partial charge on any atom is -0.381 e. The smallest absolute Gasteiger partial charge is 0.345 e. The van der Waals surface area contributed by atoms with E-state index in [9.17, 15) is 14.9 Å². The summed E-state index contributed by atoms with van der Waals surface area (Å²) in [4.78, 5) is 26.4. The number of carbonyl (C=O) groups is 1. The van der Waals surface area contributed by atoms with Crippen LogP contribution in [-0.2, 0) is 4.79 Å². The van der Waals surface area contributed by atoms with E-state index in [0.717, 1.165) is 6.42 Å². The lowest BCUT2D eigenvalue weighted by Crippen LogP contribution is -2.54. The number of rotatable bonds is 3. The van der Waals surface area contributed by atoms with Crippen molar-refractivity contribution < 1.29 is 9.72 Å². The van der Waals surface area contributed by atoms with E-state index in [1.165, 1.54) is 4.90 Å². The van der Waals surface area contributed by atoms with Crippen molar-refractivity contribution in [1.29, 1.82) is 0 Å². The third kappa shape index (κ3) is 1.81. The number of nitro groups is 1. The quantitative estimate of drug-likeness (QED) is 0.475. The van der Waals surface area contributed by atoms with Gasteiger partial charge in [0, 0.05) is 11.5 Å². The van der Waals surface area contributed by atoms with Gasteiger partial charge in [-0.3, -0.25) is 14.9 Å². The van der Waals surface area contributed by atoms with Crippen LogP contribution in [-0.4, -0.2) is 40.8 Å². The summed E-state index contributed by atoms with van der Waals surface area (Å²) in [6, 6.07) is -1.49. The summed E-state index contributed by atoms with van der Waals surface area (Å²) in [5, 5.41) is 10.5. The van der Waals surface area contributed by atoms with Crippen molar-refractivity contribution in [2.24, 2.45) is 10.7 Å². The monoisotopic (exact) mass is 200 g/mol. The summed E-state index contributed by atoms with van der Waals surface area (Å²) in [5.41, 5.74) is 5.29. The zero-order chi connectivity index (χ0) is 10.7. The van der Waals surface area contributed by atoms with Crippen molar-refractivity contribution in [2.75, 3.05) is 13.2 Å². The number of aliphatic imine (C=N–C) groups is 1. The van der Waals surface area contributed by atoms with E-state index in [0.29, 0.717) is 6.54 Å². The first-order valence-corrected chi connectivity index (χ1v) is 4.30. The molecule has 7 nitrogen and oxygen atoms in total. The maximum atomic E-state index is 11.5. The van der Waals surface area contributed by atoms with Crippen LogP contribution in [0.25, 0.3) is 0 Å². The number of nitrogens with zero attached hydrogens (tertiary/aromatic N) is 3. The average Bonchev–Trinajstić information content (AvgIpc) is 2.10. The molecule has 1 unspecified atom stereocenters. The van der Waals surface area contributed by atoms with Crippen LogP contribution in [0.1, 0.15) is 13.3 Å². The van der Waals surface area contributed by atoms with Crippen LogP contribution in [0.4, 0.5) is 0 Å². The molecule has 1 amide bonds. The van der Waals surface area contributed by atoms with Crippen LogP contribution in [0.15, 0.2) is 4.99 Å². The highest BCUT2D eigenvalue weighted by molar-refractivity contribution is 6.06. The first-order valence-electron chi connectivity index (χ1n) is 4.30. The van der Waals surface area contributed by atoms with Gasteiger partial charge in [-0.05, 0) is 6.42 Å². The van der Waals surface area contributed by atoms with Gasteiger partial charge in [-0.2, -0.15) is 0 Å². The first kappa shape index (κ1) is 10.4.